The molecule has 1 aromatic heterocycles. The fourth-order valence-electron chi connectivity index (χ4n) is 2.75. The Hall–Kier alpha value is -2.18. The van der Waals surface area contributed by atoms with E-state index in [9.17, 15) is 8.42 Å². The molecule has 0 saturated heterocycles. The number of nitrogens with zero attached hydrogens (tertiary/aromatic N) is 2. The molecular weight excluding hydrogens is 352 g/mol. The first kappa shape index (κ1) is 17.6. The molecule has 3 rings (SSSR count). The molecule has 130 valence electrons. The molecular formula is C19H20N2O2S2. The summed E-state index contributed by atoms with van der Waals surface area (Å²) in [6.45, 7) is 4.31. The largest absolute Gasteiger partial charge is 0.271 e. The van der Waals surface area contributed by atoms with Crippen LogP contribution in [-0.4, -0.2) is 26.2 Å². The number of thiazole rings is 1. The van der Waals surface area contributed by atoms with Gasteiger partial charge < -0.3 is 0 Å². The van der Waals surface area contributed by atoms with E-state index in [1.54, 1.807) is 11.3 Å². The van der Waals surface area contributed by atoms with Crippen LogP contribution < -0.4 is 4.31 Å². The minimum absolute atomic E-state index is 0.409. The molecule has 0 aliphatic heterocycles. The van der Waals surface area contributed by atoms with E-state index >= 15 is 0 Å². The van der Waals surface area contributed by atoms with E-state index in [0.717, 1.165) is 21.8 Å². The molecule has 0 unspecified atom stereocenters. The topological polar surface area (TPSA) is 50.3 Å². The van der Waals surface area contributed by atoms with Crippen molar-refractivity contribution >= 4 is 27.0 Å². The Kier molecular flexibility index (Phi) is 4.92. The lowest BCUT2D eigenvalue weighted by Crippen LogP contribution is -2.29. The van der Waals surface area contributed by atoms with E-state index in [2.05, 4.69) is 19.1 Å². The smallest absolute Gasteiger partial charge is 0.232 e. The highest BCUT2D eigenvalue weighted by atomic mass is 32.2. The molecule has 0 bridgehead atoms. The SMILES string of the molecule is CCN(c1ccc(-c2csc(-c3ccccc3C)n2)cc1)S(C)(=O)=O. The number of anilines is 1. The van der Waals surface area contributed by atoms with Crippen molar-refractivity contribution in [2.75, 3.05) is 17.1 Å². The maximum Gasteiger partial charge on any atom is 0.232 e. The van der Waals surface area contributed by atoms with Gasteiger partial charge in [-0.3, -0.25) is 4.31 Å². The van der Waals surface area contributed by atoms with E-state index in [-0.39, 0.29) is 0 Å². The Labute approximate surface area is 152 Å². The van der Waals surface area contributed by atoms with E-state index in [1.165, 1.54) is 16.1 Å². The van der Waals surface area contributed by atoms with Gasteiger partial charge in [-0.25, -0.2) is 13.4 Å². The zero-order valence-electron chi connectivity index (χ0n) is 14.4. The van der Waals surface area contributed by atoms with Gasteiger partial charge in [0.15, 0.2) is 0 Å². The number of aryl methyl sites for hydroxylation is 1. The normalized spacial score (nSPS) is 11.5. The van der Waals surface area contributed by atoms with Gasteiger partial charge >= 0.3 is 0 Å². The van der Waals surface area contributed by atoms with Crippen molar-refractivity contribution in [2.45, 2.75) is 13.8 Å². The molecule has 0 atom stereocenters. The van der Waals surface area contributed by atoms with Crippen LogP contribution in [0.5, 0.6) is 0 Å². The zero-order chi connectivity index (χ0) is 18.0. The van der Waals surface area contributed by atoms with Gasteiger partial charge in [-0.05, 0) is 31.5 Å². The first-order chi connectivity index (χ1) is 11.9. The summed E-state index contributed by atoms with van der Waals surface area (Å²) in [4.78, 5) is 4.74. The molecule has 1 heterocycles. The van der Waals surface area contributed by atoms with Gasteiger partial charge in [0.2, 0.25) is 10.0 Å². The molecule has 0 amide bonds. The number of sulfonamides is 1. The lowest BCUT2D eigenvalue weighted by atomic mass is 10.1. The molecule has 0 aliphatic carbocycles. The first-order valence-electron chi connectivity index (χ1n) is 8.00. The van der Waals surface area contributed by atoms with Gasteiger partial charge in [0.05, 0.1) is 17.6 Å². The van der Waals surface area contributed by atoms with Crippen LogP contribution in [0.15, 0.2) is 53.9 Å². The summed E-state index contributed by atoms with van der Waals surface area (Å²) >= 11 is 1.61. The molecule has 0 saturated carbocycles. The van der Waals surface area contributed by atoms with E-state index < -0.39 is 10.0 Å². The number of benzene rings is 2. The van der Waals surface area contributed by atoms with Gasteiger partial charge in [0, 0.05) is 23.1 Å². The summed E-state index contributed by atoms with van der Waals surface area (Å²) in [5.41, 5.74) is 4.89. The number of hydrogen-bond acceptors (Lipinski definition) is 4. The average molecular weight is 373 g/mol. The minimum Gasteiger partial charge on any atom is -0.271 e. The first-order valence-corrected chi connectivity index (χ1v) is 10.7. The standard InChI is InChI=1S/C19H20N2O2S2/c1-4-21(25(3,22)23)16-11-9-15(10-12-16)18-13-24-19(20-18)17-8-6-5-7-14(17)2/h5-13H,4H2,1-3H3. The fourth-order valence-corrected chi connectivity index (χ4v) is 4.64. The van der Waals surface area contributed by atoms with Crippen molar-refractivity contribution in [1.82, 2.24) is 4.98 Å². The maximum absolute atomic E-state index is 11.8. The Balaban J connectivity index is 1.90. The number of aromatic nitrogens is 1. The van der Waals surface area contributed by atoms with Crippen LogP contribution in [0.4, 0.5) is 5.69 Å². The lowest BCUT2D eigenvalue weighted by Gasteiger charge is -2.20. The van der Waals surface area contributed by atoms with Crippen LogP contribution in [0.3, 0.4) is 0 Å². The predicted molar refractivity (Wildman–Crippen MR) is 106 cm³/mol. The quantitative estimate of drug-likeness (QED) is 0.659. The second-order valence-electron chi connectivity index (χ2n) is 5.83. The van der Waals surface area contributed by atoms with Crippen LogP contribution in [-0.2, 0) is 10.0 Å². The van der Waals surface area contributed by atoms with Crippen LogP contribution in [0.1, 0.15) is 12.5 Å². The van der Waals surface area contributed by atoms with Crippen molar-refractivity contribution in [3.05, 3.63) is 59.5 Å². The molecule has 0 aliphatic rings. The van der Waals surface area contributed by atoms with Gasteiger partial charge in [-0.2, -0.15) is 0 Å². The Morgan fingerprint density at radius 2 is 1.76 bits per heavy atom. The van der Waals surface area contributed by atoms with Gasteiger partial charge in [0.1, 0.15) is 5.01 Å². The van der Waals surface area contributed by atoms with Gasteiger partial charge in [-0.15, -0.1) is 11.3 Å². The average Bonchev–Trinajstić information content (AvgIpc) is 3.05. The zero-order valence-corrected chi connectivity index (χ0v) is 16.1. The molecule has 4 nitrogen and oxygen atoms in total. The minimum atomic E-state index is -3.26. The molecule has 2 aromatic carbocycles. The lowest BCUT2D eigenvalue weighted by molar-refractivity contribution is 0.598. The highest BCUT2D eigenvalue weighted by Gasteiger charge is 2.15. The van der Waals surface area contributed by atoms with Crippen molar-refractivity contribution in [3.63, 3.8) is 0 Å². The molecule has 0 fully saturated rings. The Morgan fingerprint density at radius 3 is 2.36 bits per heavy atom. The predicted octanol–water partition coefficient (Wildman–Crippen LogP) is 4.57. The van der Waals surface area contributed by atoms with Crippen molar-refractivity contribution < 1.29 is 8.42 Å². The second kappa shape index (κ2) is 6.98. The molecule has 0 radical (unpaired) electrons. The molecule has 6 heteroatoms. The third kappa shape index (κ3) is 3.75. The summed E-state index contributed by atoms with van der Waals surface area (Å²) in [6, 6.07) is 15.7. The molecule has 25 heavy (non-hydrogen) atoms. The van der Waals surface area contributed by atoms with Crippen LogP contribution in [0, 0.1) is 6.92 Å². The van der Waals surface area contributed by atoms with E-state index in [4.69, 9.17) is 4.98 Å². The summed E-state index contributed by atoms with van der Waals surface area (Å²) in [5.74, 6) is 0. The Morgan fingerprint density at radius 1 is 1.08 bits per heavy atom. The highest BCUT2D eigenvalue weighted by Crippen LogP contribution is 2.31. The fraction of sp³-hybridized carbons (Fsp3) is 0.211. The van der Waals surface area contributed by atoms with Crippen LogP contribution >= 0.6 is 11.3 Å². The monoisotopic (exact) mass is 372 g/mol. The summed E-state index contributed by atoms with van der Waals surface area (Å²) in [6.07, 6.45) is 1.22. The highest BCUT2D eigenvalue weighted by molar-refractivity contribution is 7.92. The third-order valence-corrected chi connectivity index (χ3v) is 6.16. The summed E-state index contributed by atoms with van der Waals surface area (Å²) < 4.78 is 25.0. The van der Waals surface area contributed by atoms with Gasteiger partial charge in [-0.1, -0.05) is 36.4 Å². The van der Waals surface area contributed by atoms with E-state index in [1.807, 2.05) is 48.7 Å². The van der Waals surface area contributed by atoms with Gasteiger partial charge in [0.25, 0.3) is 0 Å². The molecule has 0 spiro atoms. The molecule has 0 N–H and O–H groups in total. The van der Waals surface area contributed by atoms with Crippen molar-refractivity contribution in [3.8, 4) is 21.8 Å². The number of hydrogen-bond donors (Lipinski definition) is 0. The third-order valence-electron chi connectivity index (χ3n) is 4.02. The summed E-state index contributed by atoms with van der Waals surface area (Å²) in [5, 5.41) is 3.02. The van der Waals surface area contributed by atoms with Crippen LogP contribution in [0.25, 0.3) is 21.8 Å². The Bertz CT molecular complexity index is 977. The van der Waals surface area contributed by atoms with E-state index in [0.29, 0.717) is 12.2 Å². The van der Waals surface area contributed by atoms with Crippen molar-refractivity contribution in [2.24, 2.45) is 0 Å². The molecule has 3 aromatic rings. The summed E-state index contributed by atoms with van der Waals surface area (Å²) in [7, 11) is -3.26. The second-order valence-corrected chi connectivity index (χ2v) is 8.59. The van der Waals surface area contributed by atoms with Crippen LogP contribution in [0.2, 0.25) is 0 Å². The maximum atomic E-state index is 11.8. The van der Waals surface area contributed by atoms with Crippen molar-refractivity contribution in [1.29, 1.82) is 0 Å². The number of rotatable bonds is 5.